The summed E-state index contributed by atoms with van der Waals surface area (Å²) in [4.78, 5) is 0. The number of rotatable bonds is 3. The third kappa shape index (κ3) is 3.14. The molecule has 0 aliphatic carbocycles. The molecule has 2 aromatic rings. The fourth-order valence-corrected chi connectivity index (χ4v) is 9.17. The summed E-state index contributed by atoms with van der Waals surface area (Å²) >= 11 is 0. The summed E-state index contributed by atoms with van der Waals surface area (Å²) in [7, 11) is -1.79. The number of hydrogen-bond donors (Lipinski definition) is 0. The van der Waals surface area contributed by atoms with Crippen LogP contribution in [-0.2, 0) is 0 Å². The normalized spacial score (nSPS) is 12.0. The number of fused-ring (bicyclic) bond motifs is 1. The minimum atomic E-state index is -1.79. The zero-order valence-electron chi connectivity index (χ0n) is 15.1. The second kappa shape index (κ2) is 6.76. The third-order valence-corrected chi connectivity index (χ3v) is 11.4. The summed E-state index contributed by atoms with van der Waals surface area (Å²) in [6, 6.07) is 9.65. The van der Waals surface area contributed by atoms with Gasteiger partial charge >= 0.3 is 0 Å². The molecule has 0 atom stereocenters. The fraction of sp³-hybridized carbons (Fsp3) is 0.450. The first-order valence-corrected chi connectivity index (χ1v) is 10.7. The van der Waals surface area contributed by atoms with E-state index >= 15 is 0 Å². The summed E-state index contributed by atoms with van der Waals surface area (Å²) in [5, 5.41) is 13.1. The molecule has 23 heavy (non-hydrogen) atoms. The molecule has 0 fully saturated rings. The second-order valence-corrected chi connectivity index (χ2v) is 12.8. The largest absolute Gasteiger partial charge is 0.618 e. The Hall–Kier alpha value is -1.79. The molecule has 1 aromatic heterocycles. The van der Waals surface area contributed by atoms with Crippen molar-refractivity contribution >= 4 is 19.0 Å². The highest BCUT2D eigenvalue weighted by Crippen LogP contribution is 2.40. The van der Waals surface area contributed by atoms with Crippen LogP contribution in [0, 0.1) is 16.7 Å². The van der Waals surface area contributed by atoms with Gasteiger partial charge in [-0.2, -0.15) is 4.73 Å². The Morgan fingerprint density at radius 1 is 0.913 bits per heavy atom. The Balaban J connectivity index is 2.65. The van der Waals surface area contributed by atoms with Crippen molar-refractivity contribution in [2.45, 2.75) is 58.2 Å². The van der Waals surface area contributed by atoms with Crippen molar-refractivity contribution in [2.75, 3.05) is 0 Å². The molecule has 0 spiro atoms. The smallest absolute Gasteiger partial charge is 0.239 e. The molecule has 0 aliphatic heterocycles. The van der Waals surface area contributed by atoms with E-state index in [0.717, 1.165) is 15.7 Å². The number of hydrogen-bond acceptors (Lipinski definition) is 1. The minimum absolute atomic E-state index is 0.587. The van der Waals surface area contributed by atoms with E-state index in [9.17, 15) is 5.21 Å². The van der Waals surface area contributed by atoms with Crippen molar-refractivity contribution in [1.29, 1.82) is 0 Å². The SMILES string of the molecule is CC(C)[Si](C#Cc1cccc2ccc[n+]([O-])c12)(C(C)C)C(C)C. The predicted molar refractivity (Wildman–Crippen MR) is 101 cm³/mol. The second-order valence-electron chi connectivity index (χ2n) is 7.22. The van der Waals surface area contributed by atoms with Crippen LogP contribution in [0.25, 0.3) is 10.9 Å². The molecule has 0 amide bonds. The van der Waals surface area contributed by atoms with Crippen LogP contribution in [0.4, 0.5) is 0 Å². The highest BCUT2D eigenvalue weighted by atomic mass is 28.3. The van der Waals surface area contributed by atoms with E-state index in [4.69, 9.17) is 0 Å². The Morgan fingerprint density at radius 3 is 2.04 bits per heavy atom. The van der Waals surface area contributed by atoms with Gasteiger partial charge in [-0.15, -0.1) is 5.54 Å². The van der Waals surface area contributed by atoms with Gasteiger partial charge in [0.25, 0.3) is 0 Å². The van der Waals surface area contributed by atoms with Crippen molar-refractivity contribution in [3.63, 3.8) is 0 Å². The van der Waals surface area contributed by atoms with Gasteiger partial charge in [-0.25, -0.2) is 0 Å². The van der Waals surface area contributed by atoms with Crippen LogP contribution in [0.1, 0.15) is 47.1 Å². The first-order chi connectivity index (χ1) is 10.8. The Labute approximate surface area is 141 Å². The Morgan fingerprint density at radius 2 is 1.48 bits per heavy atom. The van der Waals surface area contributed by atoms with Gasteiger partial charge in [-0.3, -0.25) is 0 Å². The maximum Gasteiger partial charge on any atom is 0.239 e. The minimum Gasteiger partial charge on any atom is -0.618 e. The third-order valence-electron chi connectivity index (χ3n) is 5.06. The molecule has 0 N–H and O–H groups in total. The van der Waals surface area contributed by atoms with Crippen LogP contribution in [0.3, 0.4) is 0 Å². The predicted octanol–water partition coefficient (Wildman–Crippen LogP) is 5.04. The lowest BCUT2D eigenvalue weighted by Gasteiger charge is -2.38. The van der Waals surface area contributed by atoms with E-state index in [1.807, 2.05) is 24.3 Å². The zero-order valence-corrected chi connectivity index (χ0v) is 16.1. The molecule has 0 bridgehead atoms. The molecule has 122 valence electrons. The molecule has 3 heteroatoms. The highest BCUT2D eigenvalue weighted by Gasteiger charge is 2.41. The van der Waals surface area contributed by atoms with E-state index in [1.165, 1.54) is 0 Å². The maximum atomic E-state index is 12.2. The van der Waals surface area contributed by atoms with E-state index in [1.54, 1.807) is 12.3 Å². The van der Waals surface area contributed by atoms with E-state index in [-0.39, 0.29) is 0 Å². The lowest BCUT2D eigenvalue weighted by molar-refractivity contribution is -0.577. The number of pyridine rings is 1. The van der Waals surface area contributed by atoms with Crippen molar-refractivity contribution in [1.82, 2.24) is 0 Å². The standard InChI is InChI=1S/C20H27NOSi/c1-15(2)23(16(3)4,17(5)6)14-12-19-10-7-9-18-11-8-13-21(22)20(18)19/h7-11,13,15-17H,1-6H3. The number of benzene rings is 1. The van der Waals surface area contributed by atoms with Crippen LogP contribution >= 0.6 is 0 Å². The number of aromatic nitrogens is 1. The van der Waals surface area contributed by atoms with Crippen molar-refractivity contribution in [2.24, 2.45) is 0 Å². The van der Waals surface area contributed by atoms with E-state index in [0.29, 0.717) is 22.1 Å². The average Bonchev–Trinajstić information content (AvgIpc) is 2.47. The molecule has 2 nitrogen and oxygen atoms in total. The van der Waals surface area contributed by atoms with Gasteiger partial charge in [0.2, 0.25) is 5.52 Å². The monoisotopic (exact) mass is 325 g/mol. The molecular formula is C20H27NOSi. The van der Waals surface area contributed by atoms with Gasteiger partial charge in [0.05, 0.1) is 5.56 Å². The van der Waals surface area contributed by atoms with Crippen molar-refractivity contribution in [3.8, 4) is 11.5 Å². The van der Waals surface area contributed by atoms with Gasteiger partial charge in [0.1, 0.15) is 8.07 Å². The molecule has 0 aliphatic rings. The molecule has 1 heterocycles. The molecular weight excluding hydrogens is 298 g/mol. The number of nitrogens with zero attached hydrogens (tertiary/aromatic N) is 1. The summed E-state index contributed by atoms with van der Waals surface area (Å²) in [6.07, 6.45) is 1.55. The summed E-state index contributed by atoms with van der Waals surface area (Å²) in [6.45, 7) is 13.8. The summed E-state index contributed by atoms with van der Waals surface area (Å²) < 4.78 is 0.933. The molecule has 0 unspecified atom stereocenters. The van der Waals surface area contributed by atoms with Gasteiger partial charge < -0.3 is 5.21 Å². The quantitative estimate of drug-likeness (QED) is 0.336. The lowest BCUT2D eigenvalue weighted by Crippen LogP contribution is -2.43. The maximum absolute atomic E-state index is 12.2. The van der Waals surface area contributed by atoms with Crippen molar-refractivity contribution in [3.05, 3.63) is 47.3 Å². The molecule has 2 rings (SSSR count). The first kappa shape index (κ1) is 17.6. The van der Waals surface area contributed by atoms with E-state index in [2.05, 4.69) is 53.0 Å². The molecule has 0 radical (unpaired) electrons. The first-order valence-electron chi connectivity index (χ1n) is 8.44. The van der Waals surface area contributed by atoms with Gasteiger partial charge in [0.15, 0.2) is 6.20 Å². The van der Waals surface area contributed by atoms with E-state index < -0.39 is 8.07 Å². The van der Waals surface area contributed by atoms with Crippen LogP contribution in [-0.4, -0.2) is 8.07 Å². The molecule has 1 aromatic carbocycles. The summed E-state index contributed by atoms with van der Waals surface area (Å²) in [5.41, 5.74) is 6.99. The number of para-hydroxylation sites is 1. The fourth-order valence-electron chi connectivity index (χ4n) is 3.95. The average molecular weight is 326 g/mol. The Kier molecular flexibility index (Phi) is 5.16. The molecule has 0 saturated heterocycles. The summed E-state index contributed by atoms with van der Waals surface area (Å²) in [5.74, 6) is 3.40. The van der Waals surface area contributed by atoms with Crippen LogP contribution in [0.15, 0.2) is 36.5 Å². The van der Waals surface area contributed by atoms with Crippen molar-refractivity contribution < 1.29 is 4.73 Å². The van der Waals surface area contributed by atoms with Crippen LogP contribution < -0.4 is 4.73 Å². The lowest BCUT2D eigenvalue weighted by atomic mass is 10.1. The highest BCUT2D eigenvalue weighted by molar-refractivity contribution is 6.90. The van der Waals surface area contributed by atoms with Gasteiger partial charge in [-0.1, -0.05) is 53.5 Å². The Bertz CT molecular complexity index is 726. The molecule has 0 saturated carbocycles. The van der Waals surface area contributed by atoms with Crippen LogP contribution in [0.5, 0.6) is 0 Å². The van der Waals surface area contributed by atoms with Gasteiger partial charge in [-0.05, 0) is 34.8 Å². The zero-order chi connectivity index (χ0) is 17.2. The van der Waals surface area contributed by atoms with Gasteiger partial charge in [0, 0.05) is 11.5 Å². The van der Waals surface area contributed by atoms with Crippen LogP contribution in [0.2, 0.25) is 16.6 Å². The topological polar surface area (TPSA) is 26.9 Å².